The van der Waals surface area contributed by atoms with Crippen molar-refractivity contribution in [1.29, 1.82) is 0 Å². The van der Waals surface area contributed by atoms with Gasteiger partial charge in [-0.3, -0.25) is 4.79 Å². The maximum absolute atomic E-state index is 12.5. The van der Waals surface area contributed by atoms with E-state index in [1.165, 1.54) is 0 Å². The van der Waals surface area contributed by atoms with E-state index in [1.807, 2.05) is 13.0 Å². The average molecular weight is 329 g/mol. The molecule has 0 aliphatic heterocycles. The molecule has 6 heteroatoms. The molecule has 1 rings (SSSR count). The summed E-state index contributed by atoms with van der Waals surface area (Å²) in [5, 5.41) is 0. The molecule has 22 heavy (non-hydrogen) atoms. The number of nitrogens with two attached hydrogens (primary N) is 1. The first kappa shape index (κ1) is 20.3. The van der Waals surface area contributed by atoms with Crippen LogP contribution in [-0.2, 0) is 6.42 Å². The minimum atomic E-state index is -0.0979. The van der Waals surface area contributed by atoms with Gasteiger partial charge in [0.2, 0.25) is 0 Å². The van der Waals surface area contributed by atoms with Crippen LogP contribution in [0, 0.1) is 0 Å². The number of rotatable bonds is 7. The summed E-state index contributed by atoms with van der Waals surface area (Å²) in [4.78, 5) is 14.1. The lowest BCUT2D eigenvalue weighted by molar-refractivity contribution is 0.0748. The van der Waals surface area contributed by atoms with Gasteiger partial charge in [-0.05, 0) is 25.5 Å². The zero-order valence-corrected chi connectivity index (χ0v) is 14.4. The molecule has 0 spiro atoms. The number of amides is 1. The predicted molar refractivity (Wildman–Crippen MR) is 91.3 cm³/mol. The molecule has 0 aromatic heterocycles. The van der Waals surface area contributed by atoms with E-state index in [1.54, 1.807) is 38.3 Å². The van der Waals surface area contributed by atoms with Crippen molar-refractivity contribution in [1.82, 2.24) is 4.90 Å². The number of ether oxygens (including phenoxy) is 2. The van der Waals surface area contributed by atoms with Gasteiger partial charge in [0, 0.05) is 30.8 Å². The second-order valence-corrected chi connectivity index (χ2v) is 4.86. The Morgan fingerprint density at radius 2 is 2.05 bits per heavy atom. The molecule has 0 fully saturated rings. The molecule has 1 atom stereocenters. The highest BCUT2D eigenvalue weighted by Crippen LogP contribution is 2.33. The van der Waals surface area contributed by atoms with Gasteiger partial charge in [0.1, 0.15) is 0 Å². The predicted octanol–water partition coefficient (Wildman–Crippen LogP) is 2.27. The summed E-state index contributed by atoms with van der Waals surface area (Å²) in [5.41, 5.74) is 7.03. The van der Waals surface area contributed by atoms with Crippen molar-refractivity contribution in [3.63, 3.8) is 0 Å². The fourth-order valence-electron chi connectivity index (χ4n) is 2.04. The Balaban J connectivity index is 0.00000441. The van der Waals surface area contributed by atoms with Crippen LogP contribution in [-0.4, -0.2) is 44.7 Å². The summed E-state index contributed by atoms with van der Waals surface area (Å²) in [5.74, 6) is 1.07. The third-order valence-electron chi connectivity index (χ3n) is 3.49. The number of halogens is 1. The van der Waals surface area contributed by atoms with Crippen molar-refractivity contribution in [2.45, 2.75) is 19.4 Å². The van der Waals surface area contributed by atoms with Crippen molar-refractivity contribution in [3.8, 4) is 11.5 Å². The highest BCUT2D eigenvalue weighted by atomic mass is 35.5. The molecule has 0 aliphatic rings. The number of nitrogens with zero attached hydrogens (tertiary/aromatic N) is 1. The summed E-state index contributed by atoms with van der Waals surface area (Å²) < 4.78 is 10.7. The highest BCUT2D eigenvalue weighted by Gasteiger charge is 2.20. The van der Waals surface area contributed by atoms with Crippen LogP contribution >= 0.6 is 12.4 Å². The highest BCUT2D eigenvalue weighted by molar-refractivity contribution is 5.95. The van der Waals surface area contributed by atoms with Crippen LogP contribution in [0.2, 0.25) is 0 Å². The minimum Gasteiger partial charge on any atom is -0.493 e. The Morgan fingerprint density at radius 3 is 2.50 bits per heavy atom. The van der Waals surface area contributed by atoms with Crippen molar-refractivity contribution in [2.24, 2.45) is 5.73 Å². The van der Waals surface area contributed by atoms with Gasteiger partial charge in [-0.15, -0.1) is 19.0 Å². The Morgan fingerprint density at radius 1 is 1.41 bits per heavy atom. The van der Waals surface area contributed by atoms with Crippen LogP contribution in [0.1, 0.15) is 22.8 Å². The first-order chi connectivity index (χ1) is 9.99. The largest absolute Gasteiger partial charge is 0.493 e. The summed E-state index contributed by atoms with van der Waals surface area (Å²) in [6.45, 7) is 6.05. The fraction of sp³-hybridized carbons (Fsp3) is 0.438. The molecule has 0 bridgehead atoms. The molecular weight excluding hydrogens is 304 g/mol. The SMILES string of the molecule is C=CCc1cc(C(=O)N(C)C(C)CN)cc(OC)c1OC.Cl. The second-order valence-electron chi connectivity index (χ2n) is 4.86. The van der Waals surface area contributed by atoms with Gasteiger partial charge < -0.3 is 20.1 Å². The minimum absolute atomic E-state index is 0. The first-order valence-electron chi connectivity index (χ1n) is 6.83. The molecule has 0 aliphatic carbocycles. The Labute approximate surface area is 138 Å². The van der Waals surface area contributed by atoms with E-state index >= 15 is 0 Å². The molecule has 5 nitrogen and oxygen atoms in total. The monoisotopic (exact) mass is 328 g/mol. The molecule has 2 N–H and O–H groups in total. The molecule has 0 heterocycles. The number of hydrogen-bond donors (Lipinski definition) is 1. The fourth-order valence-corrected chi connectivity index (χ4v) is 2.04. The maximum Gasteiger partial charge on any atom is 0.254 e. The Kier molecular flexibility index (Phi) is 8.60. The zero-order chi connectivity index (χ0) is 16.0. The van der Waals surface area contributed by atoms with Gasteiger partial charge >= 0.3 is 0 Å². The van der Waals surface area contributed by atoms with E-state index in [0.717, 1.165) is 5.56 Å². The van der Waals surface area contributed by atoms with Crippen LogP contribution in [0.5, 0.6) is 11.5 Å². The average Bonchev–Trinajstić information content (AvgIpc) is 2.51. The number of hydrogen-bond acceptors (Lipinski definition) is 4. The van der Waals surface area contributed by atoms with E-state index in [9.17, 15) is 4.79 Å². The van der Waals surface area contributed by atoms with Crippen molar-refractivity contribution in [2.75, 3.05) is 27.8 Å². The maximum atomic E-state index is 12.5. The van der Waals surface area contributed by atoms with Crippen LogP contribution in [0.4, 0.5) is 0 Å². The molecule has 1 amide bonds. The topological polar surface area (TPSA) is 64.8 Å². The summed E-state index contributed by atoms with van der Waals surface area (Å²) >= 11 is 0. The van der Waals surface area contributed by atoms with Gasteiger partial charge in [0.05, 0.1) is 14.2 Å². The molecule has 0 radical (unpaired) electrons. The number of methoxy groups -OCH3 is 2. The summed E-state index contributed by atoms with van der Waals surface area (Å²) in [7, 11) is 4.87. The van der Waals surface area contributed by atoms with Gasteiger partial charge in [-0.2, -0.15) is 0 Å². The number of allylic oxidation sites excluding steroid dienone is 1. The van der Waals surface area contributed by atoms with Gasteiger partial charge in [0.15, 0.2) is 11.5 Å². The lowest BCUT2D eigenvalue weighted by Crippen LogP contribution is -2.39. The number of carbonyl (C=O) groups is 1. The smallest absolute Gasteiger partial charge is 0.254 e. The zero-order valence-electron chi connectivity index (χ0n) is 13.6. The van der Waals surface area contributed by atoms with Gasteiger partial charge in [-0.1, -0.05) is 6.08 Å². The quantitative estimate of drug-likeness (QED) is 0.780. The number of likely N-dealkylation sites (N-methyl/N-ethyl adjacent to an activating group) is 1. The van der Waals surface area contributed by atoms with E-state index in [0.29, 0.717) is 30.0 Å². The lowest BCUT2D eigenvalue weighted by Gasteiger charge is -2.24. The van der Waals surface area contributed by atoms with Crippen LogP contribution in [0.3, 0.4) is 0 Å². The van der Waals surface area contributed by atoms with Crippen molar-refractivity contribution < 1.29 is 14.3 Å². The molecule has 0 saturated carbocycles. The van der Waals surface area contributed by atoms with Crippen LogP contribution < -0.4 is 15.2 Å². The van der Waals surface area contributed by atoms with E-state index < -0.39 is 0 Å². The molecule has 1 aromatic rings. The molecule has 0 saturated heterocycles. The van der Waals surface area contributed by atoms with E-state index in [4.69, 9.17) is 15.2 Å². The third-order valence-corrected chi connectivity index (χ3v) is 3.49. The Bertz CT molecular complexity index is 520. The van der Waals surface area contributed by atoms with Crippen molar-refractivity contribution in [3.05, 3.63) is 35.9 Å². The first-order valence-corrected chi connectivity index (χ1v) is 6.83. The third kappa shape index (κ3) is 4.39. The number of carbonyl (C=O) groups excluding carboxylic acids is 1. The van der Waals surface area contributed by atoms with E-state index in [2.05, 4.69) is 6.58 Å². The van der Waals surface area contributed by atoms with Crippen LogP contribution in [0.25, 0.3) is 0 Å². The summed E-state index contributed by atoms with van der Waals surface area (Å²) in [6.07, 6.45) is 2.36. The molecule has 124 valence electrons. The molecular formula is C16H25ClN2O3. The standard InChI is InChI=1S/C16H24N2O3.ClH/c1-6-7-12-8-13(9-14(20-4)15(12)21-5)16(19)18(3)11(2)10-17;/h6,8-9,11H,1,7,10,17H2,2-5H3;1H. The van der Waals surface area contributed by atoms with Crippen molar-refractivity contribution >= 4 is 18.3 Å². The van der Waals surface area contributed by atoms with Crippen LogP contribution in [0.15, 0.2) is 24.8 Å². The molecule has 1 aromatic carbocycles. The number of benzene rings is 1. The summed E-state index contributed by atoms with van der Waals surface area (Å²) in [6, 6.07) is 3.46. The van der Waals surface area contributed by atoms with Gasteiger partial charge in [-0.25, -0.2) is 0 Å². The lowest BCUT2D eigenvalue weighted by atomic mass is 10.0. The second kappa shape index (κ2) is 9.33. The van der Waals surface area contributed by atoms with Gasteiger partial charge in [0.25, 0.3) is 5.91 Å². The molecule has 1 unspecified atom stereocenters. The Hall–Kier alpha value is -1.72. The normalized spacial score (nSPS) is 11.1. The van der Waals surface area contributed by atoms with E-state index in [-0.39, 0.29) is 24.4 Å².